The Labute approximate surface area is 118 Å². The van der Waals surface area contributed by atoms with Crippen LogP contribution in [0.3, 0.4) is 0 Å². The summed E-state index contributed by atoms with van der Waals surface area (Å²) in [7, 11) is 0. The fourth-order valence-corrected chi connectivity index (χ4v) is 2.68. The first-order valence-electron chi connectivity index (χ1n) is 6.58. The summed E-state index contributed by atoms with van der Waals surface area (Å²) in [5, 5.41) is 4.03. The Morgan fingerprint density at radius 1 is 1.39 bits per heavy atom. The topological polar surface area (TPSA) is 29.1 Å². The van der Waals surface area contributed by atoms with Gasteiger partial charge >= 0.3 is 0 Å². The molecule has 0 aliphatic rings. The van der Waals surface area contributed by atoms with Crippen LogP contribution in [0, 0.1) is 12.8 Å². The molecule has 1 amide bonds. The number of alkyl halides is 1. The molecule has 1 rings (SSSR count). The molecule has 0 spiro atoms. The molecule has 3 heteroatoms. The van der Waals surface area contributed by atoms with Crippen molar-refractivity contribution in [1.29, 1.82) is 0 Å². The highest BCUT2D eigenvalue weighted by Gasteiger charge is 2.10. The molecule has 18 heavy (non-hydrogen) atoms. The van der Waals surface area contributed by atoms with Crippen molar-refractivity contribution in [2.75, 3.05) is 11.9 Å². The van der Waals surface area contributed by atoms with E-state index < -0.39 is 0 Å². The van der Waals surface area contributed by atoms with E-state index in [1.165, 1.54) is 6.42 Å². The first-order valence-corrected chi connectivity index (χ1v) is 7.70. The van der Waals surface area contributed by atoms with Gasteiger partial charge in [-0.15, -0.1) is 0 Å². The SMILES string of the molecule is CCCC(CCBr)CNC(=O)c1cccc(C)c1. The minimum Gasteiger partial charge on any atom is -0.352 e. The highest BCUT2D eigenvalue weighted by Crippen LogP contribution is 2.12. The maximum Gasteiger partial charge on any atom is 0.251 e. The molecule has 0 bridgehead atoms. The van der Waals surface area contributed by atoms with Crippen LogP contribution in [0.25, 0.3) is 0 Å². The second-order valence-corrected chi connectivity index (χ2v) is 5.50. The van der Waals surface area contributed by atoms with Gasteiger partial charge in [-0.1, -0.05) is 47.0 Å². The molecule has 0 heterocycles. The van der Waals surface area contributed by atoms with Crippen LogP contribution in [0.5, 0.6) is 0 Å². The Morgan fingerprint density at radius 3 is 2.78 bits per heavy atom. The van der Waals surface area contributed by atoms with Gasteiger partial charge in [0.05, 0.1) is 0 Å². The van der Waals surface area contributed by atoms with Gasteiger partial charge in [-0.2, -0.15) is 0 Å². The maximum absolute atomic E-state index is 12.0. The predicted molar refractivity (Wildman–Crippen MR) is 80.3 cm³/mol. The number of rotatable bonds is 7. The first kappa shape index (κ1) is 15.2. The smallest absolute Gasteiger partial charge is 0.251 e. The standard InChI is InChI=1S/C15H22BrNO/c1-3-5-13(8-9-16)11-17-15(18)14-7-4-6-12(2)10-14/h4,6-7,10,13H,3,5,8-9,11H2,1-2H3,(H,17,18). The Bertz CT molecular complexity index is 373. The number of benzene rings is 1. The van der Waals surface area contributed by atoms with Gasteiger partial charge in [-0.25, -0.2) is 0 Å². The van der Waals surface area contributed by atoms with Crippen LogP contribution < -0.4 is 5.32 Å². The van der Waals surface area contributed by atoms with Crippen molar-refractivity contribution in [1.82, 2.24) is 5.32 Å². The van der Waals surface area contributed by atoms with E-state index in [1.807, 2.05) is 31.2 Å². The lowest BCUT2D eigenvalue weighted by Gasteiger charge is -2.15. The molecule has 1 N–H and O–H groups in total. The lowest BCUT2D eigenvalue weighted by molar-refractivity contribution is 0.0946. The summed E-state index contributed by atoms with van der Waals surface area (Å²) in [6.07, 6.45) is 3.44. The normalized spacial score (nSPS) is 12.2. The van der Waals surface area contributed by atoms with Crippen LogP contribution in [-0.2, 0) is 0 Å². The number of nitrogens with one attached hydrogen (secondary N) is 1. The van der Waals surface area contributed by atoms with Gasteiger partial charge in [-0.05, 0) is 37.8 Å². The third kappa shape index (κ3) is 5.21. The van der Waals surface area contributed by atoms with E-state index in [0.717, 1.165) is 35.8 Å². The molecular formula is C15H22BrNO. The summed E-state index contributed by atoms with van der Waals surface area (Å²) in [4.78, 5) is 12.0. The molecule has 100 valence electrons. The van der Waals surface area contributed by atoms with Gasteiger partial charge in [0.1, 0.15) is 0 Å². The summed E-state index contributed by atoms with van der Waals surface area (Å²) < 4.78 is 0. The molecule has 0 aliphatic carbocycles. The lowest BCUT2D eigenvalue weighted by atomic mass is 10.0. The zero-order valence-corrected chi connectivity index (χ0v) is 12.8. The zero-order chi connectivity index (χ0) is 13.4. The molecule has 2 nitrogen and oxygen atoms in total. The number of aryl methyl sites for hydroxylation is 1. The van der Waals surface area contributed by atoms with Crippen LogP contribution in [0.4, 0.5) is 0 Å². The van der Waals surface area contributed by atoms with E-state index in [4.69, 9.17) is 0 Å². The average molecular weight is 312 g/mol. The molecule has 0 saturated heterocycles. The summed E-state index contributed by atoms with van der Waals surface area (Å²) in [6, 6.07) is 7.71. The first-order chi connectivity index (χ1) is 8.67. The number of amides is 1. The largest absolute Gasteiger partial charge is 0.352 e. The predicted octanol–water partition coefficient (Wildman–Crippen LogP) is 3.93. The van der Waals surface area contributed by atoms with E-state index in [-0.39, 0.29) is 5.91 Å². The number of hydrogen-bond acceptors (Lipinski definition) is 1. The molecular weight excluding hydrogens is 290 g/mol. The molecule has 0 aliphatic heterocycles. The van der Waals surface area contributed by atoms with E-state index in [9.17, 15) is 4.79 Å². The fraction of sp³-hybridized carbons (Fsp3) is 0.533. The van der Waals surface area contributed by atoms with Crippen molar-refractivity contribution < 1.29 is 4.79 Å². The van der Waals surface area contributed by atoms with Crippen molar-refractivity contribution in [2.45, 2.75) is 33.1 Å². The second-order valence-electron chi connectivity index (χ2n) is 4.71. The van der Waals surface area contributed by atoms with Crippen LogP contribution in [0.2, 0.25) is 0 Å². The van der Waals surface area contributed by atoms with E-state index >= 15 is 0 Å². The minimum absolute atomic E-state index is 0.0365. The Hall–Kier alpha value is -0.830. The van der Waals surface area contributed by atoms with Crippen molar-refractivity contribution in [2.24, 2.45) is 5.92 Å². The summed E-state index contributed by atoms with van der Waals surface area (Å²) in [5.41, 5.74) is 1.87. The number of carbonyl (C=O) groups excluding carboxylic acids is 1. The van der Waals surface area contributed by atoms with Gasteiger partial charge in [0.2, 0.25) is 0 Å². The number of carbonyl (C=O) groups is 1. The van der Waals surface area contributed by atoms with Crippen LogP contribution in [-0.4, -0.2) is 17.8 Å². The van der Waals surface area contributed by atoms with Crippen LogP contribution in [0.1, 0.15) is 42.1 Å². The van der Waals surface area contributed by atoms with E-state index in [0.29, 0.717) is 5.92 Å². The van der Waals surface area contributed by atoms with Gasteiger partial charge < -0.3 is 5.32 Å². The molecule has 0 fully saturated rings. The van der Waals surface area contributed by atoms with Crippen LogP contribution >= 0.6 is 15.9 Å². The van der Waals surface area contributed by atoms with Gasteiger partial charge in [-0.3, -0.25) is 4.79 Å². The second kappa shape index (κ2) is 8.30. The van der Waals surface area contributed by atoms with Crippen molar-refractivity contribution >= 4 is 21.8 Å². The lowest BCUT2D eigenvalue weighted by Crippen LogP contribution is -2.29. The number of hydrogen-bond donors (Lipinski definition) is 1. The molecule has 0 aromatic heterocycles. The molecule has 1 aromatic rings. The van der Waals surface area contributed by atoms with Gasteiger partial charge in [0.25, 0.3) is 5.91 Å². The average Bonchev–Trinajstić information content (AvgIpc) is 2.36. The van der Waals surface area contributed by atoms with E-state index in [2.05, 4.69) is 28.2 Å². The van der Waals surface area contributed by atoms with Gasteiger partial charge in [0.15, 0.2) is 0 Å². The zero-order valence-electron chi connectivity index (χ0n) is 11.2. The van der Waals surface area contributed by atoms with Crippen molar-refractivity contribution in [3.05, 3.63) is 35.4 Å². The summed E-state index contributed by atoms with van der Waals surface area (Å²) in [6.45, 7) is 4.96. The third-order valence-corrected chi connectivity index (χ3v) is 3.50. The van der Waals surface area contributed by atoms with Crippen molar-refractivity contribution in [3.8, 4) is 0 Å². The molecule has 1 aromatic carbocycles. The summed E-state index contributed by atoms with van der Waals surface area (Å²) >= 11 is 3.47. The fourth-order valence-electron chi connectivity index (χ4n) is 2.04. The Kier molecular flexibility index (Phi) is 7.02. The third-order valence-electron chi connectivity index (χ3n) is 3.05. The molecule has 1 atom stereocenters. The van der Waals surface area contributed by atoms with Crippen molar-refractivity contribution in [3.63, 3.8) is 0 Å². The Balaban J connectivity index is 2.49. The number of halogens is 1. The Morgan fingerprint density at radius 2 is 2.17 bits per heavy atom. The molecule has 0 radical (unpaired) electrons. The monoisotopic (exact) mass is 311 g/mol. The quantitative estimate of drug-likeness (QED) is 0.760. The van der Waals surface area contributed by atoms with E-state index in [1.54, 1.807) is 0 Å². The highest BCUT2D eigenvalue weighted by atomic mass is 79.9. The molecule has 0 saturated carbocycles. The van der Waals surface area contributed by atoms with Gasteiger partial charge in [0, 0.05) is 17.4 Å². The maximum atomic E-state index is 12.0. The molecule has 1 unspecified atom stereocenters. The minimum atomic E-state index is 0.0365. The highest BCUT2D eigenvalue weighted by molar-refractivity contribution is 9.09. The summed E-state index contributed by atoms with van der Waals surface area (Å²) in [5.74, 6) is 0.609. The van der Waals surface area contributed by atoms with Crippen LogP contribution in [0.15, 0.2) is 24.3 Å².